The molecule has 342 valence electrons. The van der Waals surface area contributed by atoms with Crippen LogP contribution in [0.4, 0.5) is 17.1 Å². The van der Waals surface area contributed by atoms with Gasteiger partial charge in [0.05, 0.1) is 5.41 Å². The number of fused-ring (bicyclic) bond motifs is 20. The molecular formula is C70H45NS2. The minimum atomic E-state index is -0.499. The zero-order valence-corrected chi connectivity index (χ0v) is 41.9. The average Bonchev–Trinajstić information content (AvgIpc) is 4.24. The standard InChI is InChI=1S/C70H45NS2/c1-69(2)59-26-10-6-18-49(59)52-37-35-46(41-62(52)69)71(44-16-4-3-5-17-44)45-33-30-42(31-34-45)47-22-14-25-57-58-39-38-55-51-20-8-12-28-61(51)70(65(55)68(58)73-67(47)57)60-27-11-7-19-50(60)53-36-32-43(40-63(53)70)48-23-15-24-56-54-21-9-13-29-64(54)72-66(48)56/h3-41H,1-2H3. The van der Waals surface area contributed by atoms with Gasteiger partial charge in [-0.2, -0.15) is 0 Å². The fourth-order valence-electron chi connectivity index (χ4n) is 13.5. The van der Waals surface area contributed by atoms with Crippen molar-refractivity contribution in [3.05, 3.63) is 270 Å². The number of nitrogens with zero attached hydrogens (tertiary/aromatic N) is 1. The molecule has 2 heterocycles. The number of rotatable bonds is 5. The highest BCUT2D eigenvalue weighted by Crippen LogP contribution is 2.66. The van der Waals surface area contributed by atoms with Crippen LogP contribution in [0, 0.1) is 0 Å². The molecule has 1 atom stereocenters. The van der Waals surface area contributed by atoms with Crippen LogP contribution in [0.2, 0.25) is 0 Å². The van der Waals surface area contributed by atoms with Crippen molar-refractivity contribution >= 4 is 80.1 Å². The van der Waals surface area contributed by atoms with Crippen LogP contribution in [-0.2, 0) is 10.8 Å². The number of hydrogen-bond acceptors (Lipinski definition) is 3. The number of benzene rings is 11. The summed E-state index contributed by atoms with van der Waals surface area (Å²) < 4.78 is 5.36. The van der Waals surface area contributed by atoms with Crippen molar-refractivity contribution < 1.29 is 0 Å². The topological polar surface area (TPSA) is 3.24 Å². The maximum Gasteiger partial charge on any atom is 0.0739 e. The zero-order valence-electron chi connectivity index (χ0n) is 40.3. The van der Waals surface area contributed by atoms with E-state index in [4.69, 9.17) is 0 Å². The first kappa shape index (κ1) is 41.3. The van der Waals surface area contributed by atoms with Gasteiger partial charge in [0.2, 0.25) is 0 Å². The molecule has 0 amide bonds. The van der Waals surface area contributed by atoms with E-state index in [1.165, 1.54) is 129 Å². The van der Waals surface area contributed by atoms with Crippen LogP contribution >= 0.6 is 22.7 Å². The van der Waals surface area contributed by atoms with Crippen molar-refractivity contribution in [2.75, 3.05) is 4.90 Å². The Morgan fingerprint density at radius 1 is 0.301 bits per heavy atom. The molecule has 1 unspecified atom stereocenters. The fraction of sp³-hybridized carbons (Fsp3) is 0.0571. The van der Waals surface area contributed by atoms with Gasteiger partial charge in [-0.15, -0.1) is 22.7 Å². The molecule has 1 nitrogen and oxygen atoms in total. The van der Waals surface area contributed by atoms with E-state index in [0.29, 0.717) is 0 Å². The van der Waals surface area contributed by atoms with Crippen molar-refractivity contribution in [2.45, 2.75) is 24.7 Å². The second kappa shape index (κ2) is 15.1. The molecule has 13 aromatic rings. The number of hydrogen-bond donors (Lipinski definition) is 0. The summed E-state index contributed by atoms with van der Waals surface area (Å²) in [5.41, 5.74) is 24.1. The van der Waals surface area contributed by atoms with Crippen LogP contribution < -0.4 is 4.90 Å². The second-order valence-corrected chi connectivity index (χ2v) is 22.7. The van der Waals surface area contributed by atoms with Crippen LogP contribution in [0.1, 0.15) is 47.2 Å². The summed E-state index contributed by atoms with van der Waals surface area (Å²) in [6.07, 6.45) is 0. The maximum absolute atomic E-state index is 2.56. The van der Waals surface area contributed by atoms with Gasteiger partial charge >= 0.3 is 0 Å². The Morgan fingerprint density at radius 3 is 1.56 bits per heavy atom. The Hall–Kier alpha value is -8.34. The van der Waals surface area contributed by atoms with E-state index in [1.54, 1.807) is 0 Å². The molecule has 0 N–H and O–H groups in total. The minimum absolute atomic E-state index is 0.0949. The van der Waals surface area contributed by atoms with Crippen molar-refractivity contribution in [2.24, 2.45) is 0 Å². The van der Waals surface area contributed by atoms with Gasteiger partial charge in [-0.1, -0.05) is 202 Å². The Bertz CT molecular complexity index is 4460. The Kier molecular flexibility index (Phi) is 8.54. The molecule has 73 heavy (non-hydrogen) atoms. The lowest BCUT2D eigenvalue weighted by Gasteiger charge is -2.31. The molecule has 0 fully saturated rings. The van der Waals surface area contributed by atoms with E-state index < -0.39 is 5.41 Å². The van der Waals surface area contributed by atoms with Gasteiger partial charge in [0.15, 0.2) is 0 Å². The SMILES string of the molecule is CC1(C)c2ccccc2-c2ccc(N(c3ccccc3)c3ccc(-c4cccc5c4sc4c6c(ccc45)-c4ccccc4C64c5ccccc5-c5ccc(-c6cccc7c6sc6ccccc67)cc54)cc3)cc21. The first-order valence-corrected chi connectivity index (χ1v) is 27.0. The summed E-state index contributed by atoms with van der Waals surface area (Å²) in [7, 11) is 0. The van der Waals surface area contributed by atoms with Crippen LogP contribution in [0.25, 0.3) is 96.0 Å². The predicted octanol–water partition coefficient (Wildman–Crippen LogP) is 19.9. The molecule has 0 bridgehead atoms. The molecule has 16 rings (SSSR count). The van der Waals surface area contributed by atoms with E-state index in [2.05, 4.69) is 255 Å². The smallest absolute Gasteiger partial charge is 0.0739 e. The predicted molar refractivity (Wildman–Crippen MR) is 312 cm³/mol. The Balaban J connectivity index is 0.867. The quantitative estimate of drug-likeness (QED) is 0.166. The lowest BCUT2D eigenvalue weighted by atomic mass is 9.70. The number of anilines is 3. The first-order chi connectivity index (χ1) is 36.0. The van der Waals surface area contributed by atoms with Crippen molar-refractivity contribution in [1.82, 2.24) is 0 Å². The summed E-state index contributed by atoms with van der Waals surface area (Å²) in [6, 6.07) is 89.4. The van der Waals surface area contributed by atoms with Crippen LogP contribution in [0.15, 0.2) is 237 Å². The van der Waals surface area contributed by atoms with E-state index in [1.807, 2.05) is 22.7 Å². The summed E-state index contributed by atoms with van der Waals surface area (Å²) in [4.78, 5) is 2.41. The minimum Gasteiger partial charge on any atom is -0.310 e. The second-order valence-electron chi connectivity index (χ2n) is 20.6. The third kappa shape index (κ3) is 5.56. The highest BCUT2D eigenvalue weighted by atomic mass is 32.1. The first-order valence-electron chi connectivity index (χ1n) is 25.4. The maximum atomic E-state index is 2.56. The molecule has 0 saturated carbocycles. The van der Waals surface area contributed by atoms with Crippen LogP contribution in [-0.4, -0.2) is 0 Å². The molecule has 0 saturated heterocycles. The van der Waals surface area contributed by atoms with Gasteiger partial charge in [0.25, 0.3) is 0 Å². The van der Waals surface area contributed by atoms with Crippen molar-refractivity contribution in [3.8, 4) is 55.6 Å². The van der Waals surface area contributed by atoms with Crippen molar-refractivity contribution in [3.63, 3.8) is 0 Å². The molecule has 11 aromatic carbocycles. The molecule has 1 spiro atoms. The van der Waals surface area contributed by atoms with E-state index in [-0.39, 0.29) is 5.41 Å². The third-order valence-electron chi connectivity index (χ3n) is 16.7. The molecule has 2 aromatic heterocycles. The summed E-state index contributed by atoms with van der Waals surface area (Å²) >= 11 is 3.88. The average molecular weight is 964 g/mol. The molecule has 0 aliphatic heterocycles. The van der Waals surface area contributed by atoms with Gasteiger partial charge in [-0.3, -0.25) is 0 Å². The van der Waals surface area contributed by atoms with Gasteiger partial charge in [-0.05, 0) is 138 Å². The Labute approximate surface area is 432 Å². The van der Waals surface area contributed by atoms with Gasteiger partial charge in [0.1, 0.15) is 0 Å². The molecule has 3 heteroatoms. The van der Waals surface area contributed by atoms with Gasteiger partial charge < -0.3 is 4.90 Å². The summed E-state index contributed by atoms with van der Waals surface area (Å²) in [6.45, 7) is 4.72. The summed E-state index contributed by atoms with van der Waals surface area (Å²) in [5, 5.41) is 5.28. The zero-order chi connectivity index (χ0) is 48.2. The number of thiophene rings is 2. The van der Waals surface area contributed by atoms with Crippen LogP contribution in [0.5, 0.6) is 0 Å². The largest absolute Gasteiger partial charge is 0.310 e. The lowest BCUT2D eigenvalue weighted by molar-refractivity contribution is 0.660. The van der Waals surface area contributed by atoms with Crippen LogP contribution in [0.3, 0.4) is 0 Å². The van der Waals surface area contributed by atoms with Crippen molar-refractivity contribution in [1.29, 1.82) is 0 Å². The number of para-hydroxylation sites is 1. The van der Waals surface area contributed by atoms with E-state index in [0.717, 1.165) is 17.1 Å². The highest BCUT2D eigenvalue weighted by molar-refractivity contribution is 7.27. The normalized spacial score (nSPS) is 15.4. The van der Waals surface area contributed by atoms with Gasteiger partial charge in [-0.25, -0.2) is 0 Å². The summed E-state index contributed by atoms with van der Waals surface area (Å²) in [5.74, 6) is 0. The molecule has 0 radical (unpaired) electrons. The molecular weight excluding hydrogens is 919 g/mol. The molecule has 3 aliphatic carbocycles. The monoisotopic (exact) mass is 963 g/mol. The Morgan fingerprint density at radius 2 is 0.795 bits per heavy atom. The van der Waals surface area contributed by atoms with E-state index in [9.17, 15) is 0 Å². The fourth-order valence-corrected chi connectivity index (χ4v) is 16.2. The van der Waals surface area contributed by atoms with Gasteiger partial charge in [0, 0.05) is 62.8 Å². The third-order valence-corrected chi connectivity index (χ3v) is 19.2. The molecule has 3 aliphatic rings. The highest BCUT2D eigenvalue weighted by Gasteiger charge is 2.53. The lowest BCUT2D eigenvalue weighted by Crippen LogP contribution is -2.26. The van der Waals surface area contributed by atoms with E-state index >= 15 is 0 Å².